The lowest BCUT2D eigenvalue weighted by molar-refractivity contribution is -0.123. The molecule has 1 aliphatic carbocycles. The Bertz CT molecular complexity index is 1100. The molecule has 0 bridgehead atoms. The van der Waals surface area contributed by atoms with Crippen LogP contribution in [-0.4, -0.2) is 71.1 Å². The van der Waals surface area contributed by atoms with Crippen LogP contribution in [0.5, 0.6) is 0 Å². The SMILES string of the molecule is O=C(NC[C@@H]1[C@@H](Nc2nccc(N3CCCCCC3)n2)CCN1C1CCCCC1)[C@@H]1Cc2ccccc2CN1. The molecule has 8 nitrogen and oxygen atoms in total. The zero-order chi connectivity index (χ0) is 26.4. The van der Waals surface area contributed by atoms with Gasteiger partial charge in [-0.05, 0) is 55.7 Å². The van der Waals surface area contributed by atoms with Crippen LogP contribution in [0, 0.1) is 0 Å². The zero-order valence-electron chi connectivity index (χ0n) is 23.3. The minimum atomic E-state index is -0.176. The molecule has 0 spiro atoms. The van der Waals surface area contributed by atoms with Crippen molar-refractivity contribution in [3.05, 3.63) is 47.7 Å². The first-order chi connectivity index (χ1) is 19.2. The molecule has 39 heavy (non-hydrogen) atoms. The van der Waals surface area contributed by atoms with E-state index in [-0.39, 0.29) is 24.0 Å². The van der Waals surface area contributed by atoms with E-state index in [0.717, 1.165) is 44.8 Å². The maximum absolute atomic E-state index is 13.3. The van der Waals surface area contributed by atoms with Gasteiger partial charge in [-0.25, -0.2) is 4.98 Å². The first-order valence-corrected chi connectivity index (χ1v) is 15.4. The summed E-state index contributed by atoms with van der Waals surface area (Å²) in [7, 11) is 0. The van der Waals surface area contributed by atoms with Crippen molar-refractivity contribution in [2.45, 2.75) is 101 Å². The number of anilines is 2. The molecule has 0 radical (unpaired) electrons. The Morgan fingerprint density at radius 1 is 0.923 bits per heavy atom. The maximum Gasteiger partial charge on any atom is 0.237 e. The van der Waals surface area contributed by atoms with Gasteiger partial charge in [0.2, 0.25) is 11.9 Å². The van der Waals surface area contributed by atoms with Gasteiger partial charge in [0.25, 0.3) is 0 Å². The second-order valence-corrected chi connectivity index (χ2v) is 11.9. The van der Waals surface area contributed by atoms with Gasteiger partial charge in [-0.1, -0.05) is 56.4 Å². The molecule has 8 heteroatoms. The number of carbonyl (C=O) groups excluding carboxylic acids is 1. The fourth-order valence-corrected chi connectivity index (χ4v) is 7.20. The molecule has 3 fully saturated rings. The summed E-state index contributed by atoms with van der Waals surface area (Å²) in [6, 6.07) is 11.4. The van der Waals surface area contributed by atoms with E-state index in [1.165, 1.54) is 68.9 Å². The predicted octanol–water partition coefficient (Wildman–Crippen LogP) is 3.88. The summed E-state index contributed by atoms with van der Waals surface area (Å²) in [6.45, 7) is 4.61. The van der Waals surface area contributed by atoms with Crippen LogP contribution in [0.15, 0.2) is 36.5 Å². The van der Waals surface area contributed by atoms with Gasteiger partial charge >= 0.3 is 0 Å². The second-order valence-electron chi connectivity index (χ2n) is 11.9. The summed E-state index contributed by atoms with van der Waals surface area (Å²) in [5.41, 5.74) is 2.58. The van der Waals surface area contributed by atoms with Crippen molar-refractivity contribution >= 4 is 17.7 Å². The van der Waals surface area contributed by atoms with Crippen molar-refractivity contribution in [2.24, 2.45) is 0 Å². The lowest BCUT2D eigenvalue weighted by Gasteiger charge is -2.37. The second kappa shape index (κ2) is 12.6. The smallest absolute Gasteiger partial charge is 0.237 e. The van der Waals surface area contributed by atoms with E-state index in [4.69, 9.17) is 4.98 Å². The number of hydrogen-bond acceptors (Lipinski definition) is 7. The number of amides is 1. The standard InChI is InChI=1S/C31H45N7O/c39-30(27-20-23-10-6-7-11-24(23)21-33-27)34-22-28-26(15-19-38(28)25-12-4-3-5-13-25)35-31-32-16-14-29(36-31)37-17-8-1-2-9-18-37/h6-7,10-11,14,16,25-28,33H,1-5,8-9,12-13,15,17-22H2,(H,34,39)(H,32,35,36)/t26-,27-,28+/m0/s1. The van der Waals surface area contributed by atoms with Gasteiger partial charge in [-0.2, -0.15) is 4.98 Å². The van der Waals surface area contributed by atoms with Crippen LogP contribution in [0.1, 0.15) is 75.3 Å². The minimum Gasteiger partial charge on any atom is -0.356 e. The highest BCUT2D eigenvalue weighted by Gasteiger charge is 2.39. The molecule has 0 unspecified atom stereocenters. The van der Waals surface area contributed by atoms with Crippen LogP contribution in [0.3, 0.4) is 0 Å². The highest BCUT2D eigenvalue weighted by molar-refractivity contribution is 5.82. The molecule has 1 saturated carbocycles. The van der Waals surface area contributed by atoms with Crippen molar-refractivity contribution < 1.29 is 4.79 Å². The topological polar surface area (TPSA) is 85.4 Å². The van der Waals surface area contributed by atoms with Crippen LogP contribution in [0.4, 0.5) is 11.8 Å². The Labute approximate surface area is 233 Å². The lowest BCUT2D eigenvalue weighted by Crippen LogP contribution is -2.54. The fraction of sp³-hybridized carbons (Fsp3) is 0.645. The van der Waals surface area contributed by atoms with Gasteiger partial charge in [-0.15, -0.1) is 0 Å². The summed E-state index contributed by atoms with van der Waals surface area (Å²) < 4.78 is 0. The van der Waals surface area contributed by atoms with Crippen LogP contribution in [0.25, 0.3) is 0 Å². The quantitative estimate of drug-likeness (QED) is 0.500. The van der Waals surface area contributed by atoms with Crippen molar-refractivity contribution in [2.75, 3.05) is 36.4 Å². The van der Waals surface area contributed by atoms with Crippen LogP contribution in [-0.2, 0) is 17.8 Å². The van der Waals surface area contributed by atoms with E-state index in [0.29, 0.717) is 18.5 Å². The Morgan fingerprint density at radius 3 is 2.51 bits per heavy atom. The number of nitrogens with zero attached hydrogens (tertiary/aromatic N) is 4. The van der Waals surface area contributed by atoms with Gasteiger partial charge < -0.3 is 20.9 Å². The molecular formula is C31H45N7O. The Kier molecular flexibility index (Phi) is 8.59. The highest BCUT2D eigenvalue weighted by Crippen LogP contribution is 2.31. The summed E-state index contributed by atoms with van der Waals surface area (Å²) in [6.07, 6.45) is 15.3. The molecule has 1 aromatic carbocycles. The first-order valence-electron chi connectivity index (χ1n) is 15.4. The summed E-state index contributed by atoms with van der Waals surface area (Å²) in [5, 5.41) is 10.5. The molecule has 1 aromatic heterocycles. The third-order valence-electron chi connectivity index (χ3n) is 9.40. The van der Waals surface area contributed by atoms with Crippen molar-refractivity contribution in [3.8, 4) is 0 Å². The molecule has 210 valence electrons. The van der Waals surface area contributed by atoms with Crippen molar-refractivity contribution in [1.82, 2.24) is 25.5 Å². The summed E-state index contributed by atoms with van der Waals surface area (Å²) in [4.78, 5) is 28.0. The molecule has 1 amide bonds. The molecule has 6 rings (SSSR count). The van der Waals surface area contributed by atoms with Crippen molar-refractivity contribution in [3.63, 3.8) is 0 Å². The average molecular weight is 532 g/mol. The van der Waals surface area contributed by atoms with E-state index >= 15 is 0 Å². The van der Waals surface area contributed by atoms with Gasteiger partial charge in [0.15, 0.2) is 0 Å². The number of likely N-dealkylation sites (tertiary alicyclic amines) is 1. The largest absolute Gasteiger partial charge is 0.356 e. The molecule has 3 aliphatic heterocycles. The van der Waals surface area contributed by atoms with Gasteiger partial charge in [0.05, 0.1) is 6.04 Å². The molecule has 4 aliphatic rings. The normalized spacial score (nSPS) is 26.6. The summed E-state index contributed by atoms with van der Waals surface area (Å²) in [5.74, 6) is 1.86. The Morgan fingerprint density at radius 2 is 1.69 bits per heavy atom. The highest BCUT2D eigenvalue weighted by atomic mass is 16.2. The molecular weight excluding hydrogens is 486 g/mol. The number of nitrogens with one attached hydrogen (secondary N) is 3. The summed E-state index contributed by atoms with van der Waals surface area (Å²) >= 11 is 0. The van der Waals surface area contributed by atoms with Gasteiger partial charge in [0, 0.05) is 57.0 Å². The molecule has 4 heterocycles. The first kappa shape index (κ1) is 26.5. The number of carbonyl (C=O) groups is 1. The number of fused-ring (bicyclic) bond motifs is 1. The van der Waals surface area contributed by atoms with Crippen LogP contribution >= 0.6 is 0 Å². The van der Waals surface area contributed by atoms with Gasteiger partial charge in [-0.3, -0.25) is 9.69 Å². The number of hydrogen-bond donors (Lipinski definition) is 3. The Hall–Kier alpha value is -2.71. The number of aromatic nitrogens is 2. The maximum atomic E-state index is 13.3. The Balaban J connectivity index is 1.13. The third-order valence-corrected chi connectivity index (χ3v) is 9.40. The monoisotopic (exact) mass is 531 g/mol. The van der Waals surface area contributed by atoms with E-state index in [1.54, 1.807) is 0 Å². The minimum absolute atomic E-state index is 0.109. The molecule has 2 saturated heterocycles. The van der Waals surface area contributed by atoms with Crippen LogP contribution in [0.2, 0.25) is 0 Å². The van der Waals surface area contributed by atoms with E-state index in [1.807, 2.05) is 12.3 Å². The molecule has 2 aromatic rings. The third kappa shape index (κ3) is 6.38. The molecule has 3 N–H and O–H groups in total. The average Bonchev–Trinajstić information content (AvgIpc) is 3.18. The van der Waals surface area contributed by atoms with E-state index in [2.05, 4.69) is 55.0 Å². The lowest BCUT2D eigenvalue weighted by atomic mass is 9.93. The number of rotatable bonds is 7. The van der Waals surface area contributed by atoms with E-state index < -0.39 is 0 Å². The van der Waals surface area contributed by atoms with E-state index in [9.17, 15) is 4.79 Å². The van der Waals surface area contributed by atoms with Crippen molar-refractivity contribution in [1.29, 1.82) is 0 Å². The fourth-order valence-electron chi connectivity index (χ4n) is 7.20. The molecule has 3 atom stereocenters. The number of benzene rings is 1. The van der Waals surface area contributed by atoms with Crippen LogP contribution < -0.4 is 20.9 Å². The van der Waals surface area contributed by atoms with Gasteiger partial charge in [0.1, 0.15) is 5.82 Å². The zero-order valence-corrected chi connectivity index (χ0v) is 23.3. The predicted molar refractivity (Wildman–Crippen MR) is 156 cm³/mol.